The van der Waals surface area contributed by atoms with Crippen molar-refractivity contribution in [1.82, 2.24) is 5.32 Å². The molecule has 1 N–H and O–H groups in total. The second-order valence-electron chi connectivity index (χ2n) is 5.97. The van der Waals surface area contributed by atoms with Crippen molar-refractivity contribution in [2.24, 2.45) is 5.92 Å². The fraction of sp³-hybridized carbons (Fsp3) is 0.500. The van der Waals surface area contributed by atoms with Gasteiger partial charge in [-0.2, -0.15) is 5.26 Å². The van der Waals surface area contributed by atoms with Crippen molar-refractivity contribution >= 4 is 11.9 Å². The summed E-state index contributed by atoms with van der Waals surface area (Å²) in [6.45, 7) is 0. The van der Waals surface area contributed by atoms with Gasteiger partial charge in [-0.3, -0.25) is 4.79 Å². The zero-order valence-electron chi connectivity index (χ0n) is 13.4. The average Bonchev–Trinajstić information content (AvgIpc) is 3.06. The predicted octanol–water partition coefficient (Wildman–Crippen LogP) is 2.34. The highest BCUT2D eigenvalue weighted by atomic mass is 16.5. The summed E-state index contributed by atoms with van der Waals surface area (Å²) < 4.78 is 4.79. The van der Waals surface area contributed by atoms with Crippen molar-refractivity contribution in [3.8, 4) is 6.07 Å². The first-order valence-corrected chi connectivity index (χ1v) is 7.99. The van der Waals surface area contributed by atoms with Crippen LogP contribution < -0.4 is 5.32 Å². The maximum atomic E-state index is 12.2. The molecule has 1 saturated carbocycles. The van der Waals surface area contributed by atoms with Crippen LogP contribution in [-0.4, -0.2) is 25.0 Å². The molecule has 0 radical (unpaired) electrons. The van der Waals surface area contributed by atoms with E-state index in [1.165, 1.54) is 20.0 Å². The van der Waals surface area contributed by atoms with Gasteiger partial charge in [0, 0.05) is 12.8 Å². The lowest BCUT2D eigenvalue weighted by molar-refractivity contribution is -0.145. The van der Waals surface area contributed by atoms with Crippen molar-refractivity contribution < 1.29 is 14.3 Å². The van der Waals surface area contributed by atoms with Crippen LogP contribution in [0.4, 0.5) is 0 Å². The van der Waals surface area contributed by atoms with Gasteiger partial charge in [0.05, 0.1) is 18.7 Å². The van der Waals surface area contributed by atoms with E-state index in [1.807, 2.05) is 6.07 Å². The van der Waals surface area contributed by atoms with Gasteiger partial charge in [0.2, 0.25) is 5.91 Å². The molecule has 122 valence electrons. The Bertz CT molecular complexity index is 601. The molecule has 1 aromatic rings. The quantitative estimate of drug-likeness (QED) is 0.817. The first-order valence-electron chi connectivity index (χ1n) is 7.99. The van der Waals surface area contributed by atoms with Crippen LogP contribution in [-0.2, 0) is 20.7 Å². The first-order chi connectivity index (χ1) is 11.1. The van der Waals surface area contributed by atoms with Crippen LogP contribution in [0, 0.1) is 17.2 Å². The number of amides is 1. The van der Waals surface area contributed by atoms with Crippen LogP contribution in [0.2, 0.25) is 0 Å². The molecule has 23 heavy (non-hydrogen) atoms. The molecule has 5 heteroatoms. The molecule has 0 heterocycles. The molecule has 0 saturated heterocycles. The Morgan fingerprint density at radius 2 is 2.04 bits per heavy atom. The first kappa shape index (κ1) is 17.0. The normalized spacial score (nSPS) is 15.7. The van der Waals surface area contributed by atoms with Crippen molar-refractivity contribution in [3.05, 3.63) is 35.4 Å². The second-order valence-corrected chi connectivity index (χ2v) is 5.97. The molecule has 1 atom stereocenters. The van der Waals surface area contributed by atoms with Gasteiger partial charge in [-0.05, 0) is 30.4 Å². The Hall–Kier alpha value is -2.35. The zero-order valence-corrected chi connectivity index (χ0v) is 13.4. The zero-order chi connectivity index (χ0) is 16.7. The number of hydrogen-bond acceptors (Lipinski definition) is 4. The van der Waals surface area contributed by atoms with Gasteiger partial charge in [-0.15, -0.1) is 0 Å². The number of nitriles is 1. The summed E-state index contributed by atoms with van der Waals surface area (Å²) in [4.78, 5) is 24.2. The molecule has 0 spiro atoms. The summed E-state index contributed by atoms with van der Waals surface area (Å²) in [5, 5.41) is 11.9. The van der Waals surface area contributed by atoms with Gasteiger partial charge in [-0.25, -0.2) is 4.79 Å². The minimum atomic E-state index is -0.761. The van der Waals surface area contributed by atoms with Gasteiger partial charge >= 0.3 is 5.97 Å². The number of carbonyl (C=O) groups excluding carboxylic acids is 2. The predicted molar refractivity (Wildman–Crippen MR) is 85.4 cm³/mol. The van der Waals surface area contributed by atoms with Crippen molar-refractivity contribution in [2.75, 3.05) is 7.11 Å². The summed E-state index contributed by atoms with van der Waals surface area (Å²) in [5.74, 6) is -0.195. The number of carbonyl (C=O) groups is 2. The molecule has 0 unspecified atom stereocenters. The van der Waals surface area contributed by atoms with E-state index in [2.05, 4.69) is 11.4 Å². The second kappa shape index (κ2) is 8.33. The van der Waals surface area contributed by atoms with Crippen LogP contribution in [0.5, 0.6) is 0 Å². The molecular weight excluding hydrogens is 292 g/mol. The van der Waals surface area contributed by atoms with Crippen molar-refractivity contribution in [3.63, 3.8) is 0 Å². The molecule has 0 aliphatic heterocycles. The summed E-state index contributed by atoms with van der Waals surface area (Å²) in [7, 11) is 1.30. The minimum absolute atomic E-state index is 0.123. The Labute approximate surface area is 136 Å². The number of nitrogens with zero attached hydrogens (tertiary/aromatic N) is 1. The SMILES string of the molecule is COC(=O)[C@H](Cc1ccccc1C#N)NC(=O)CC1CCCC1. The molecule has 2 rings (SSSR count). The molecule has 0 aromatic heterocycles. The minimum Gasteiger partial charge on any atom is -0.467 e. The Kier molecular flexibility index (Phi) is 6.16. The lowest BCUT2D eigenvalue weighted by Crippen LogP contribution is -2.43. The molecule has 1 aromatic carbocycles. The molecule has 1 fully saturated rings. The fourth-order valence-electron chi connectivity index (χ4n) is 3.09. The van der Waals surface area contributed by atoms with E-state index in [4.69, 9.17) is 10.00 Å². The van der Waals surface area contributed by atoms with Crippen LogP contribution in [0.25, 0.3) is 0 Å². The summed E-state index contributed by atoms with van der Waals surface area (Å²) in [6.07, 6.45) is 5.21. The van der Waals surface area contributed by atoms with Gasteiger partial charge in [0.15, 0.2) is 0 Å². The smallest absolute Gasteiger partial charge is 0.328 e. The Morgan fingerprint density at radius 3 is 2.70 bits per heavy atom. The molecule has 0 bridgehead atoms. The third kappa shape index (κ3) is 4.82. The van der Waals surface area contributed by atoms with E-state index in [9.17, 15) is 9.59 Å². The molecule has 5 nitrogen and oxygen atoms in total. The van der Waals surface area contributed by atoms with Crippen LogP contribution in [0.3, 0.4) is 0 Å². The number of methoxy groups -OCH3 is 1. The summed E-state index contributed by atoms with van der Waals surface area (Å²) in [6, 6.07) is 8.41. The number of benzene rings is 1. The number of rotatable bonds is 6. The molecule has 1 amide bonds. The van der Waals surface area contributed by atoms with Gasteiger partial charge in [0.1, 0.15) is 6.04 Å². The molecule has 1 aliphatic carbocycles. The van der Waals surface area contributed by atoms with Crippen LogP contribution in [0.15, 0.2) is 24.3 Å². The highest BCUT2D eigenvalue weighted by molar-refractivity contribution is 5.84. The monoisotopic (exact) mass is 314 g/mol. The number of nitrogens with one attached hydrogen (secondary N) is 1. The number of esters is 1. The average molecular weight is 314 g/mol. The fourth-order valence-corrected chi connectivity index (χ4v) is 3.09. The number of hydrogen-bond donors (Lipinski definition) is 1. The standard InChI is InChI=1S/C18H22N2O3/c1-23-18(22)16(11-14-8-4-5-9-15(14)12-19)20-17(21)10-13-6-2-3-7-13/h4-5,8-9,13,16H,2-3,6-7,10-11H2,1H3,(H,20,21)/t16-/m0/s1. The molecule has 1 aliphatic rings. The van der Waals surface area contributed by atoms with E-state index < -0.39 is 12.0 Å². The van der Waals surface area contributed by atoms with Crippen molar-refractivity contribution in [2.45, 2.75) is 44.6 Å². The summed E-state index contributed by atoms with van der Waals surface area (Å²) in [5.41, 5.74) is 1.23. The summed E-state index contributed by atoms with van der Waals surface area (Å²) >= 11 is 0. The van der Waals surface area contributed by atoms with Gasteiger partial charge < -0.3 is 10.1 Å². The Morgan fingerprint density at radius 1 is 1.35 bits per heavy atom. The van der Waals surface area contributed by atoms with Crippen LogP contribution in [0.1, 0.15) is 43.2 Å². The maximum absolute atomic E-state index is 12.2. The third-order valence-electron chi connectivity index (χ3n) is 4.33. The maximum Gasteiger partial charge on any atom is 0.328 e. The van der Waals surface area contributed by atoms with E-state index in [0.29, 0.717) is 17.9 Å². The third-order valence-corrected chi connectivity index (χ3v) is 4.33. The van der Waals surface area contributed by atoms with E-state index in [1.54, 1.807) is 18.2 Å². The molecular formula is C18H22N2O3. The highest BCUT2D eigenvalue weighted by Gasteiger charge is 2.25. The topological polar surface area (TPSA) is 79.2 Å². The van der Waals surface area contributed by atoms with Crippen molar-refractivity contribution in [1.29, 1.82) is 5.26 Å². The van der Waals surface area contributed by atoms with E-state index >= 15 is 0 Å². The van der Waals surface area contributed by atoms with Crippen LogP contribution >= 0.6 is 0 Å². The lowest BCUT2D eigenvalue weighted by atomic mass is 9.99. The lowest BCUT2D eigenvalue weighted by Gasteiger charge is -2.18. The largest absolute Gasteiger partial charge is 0.467 e. The Balaban J connectivity index is 2.03. The van der Waals surface area contributed by atoms with E-state index in [-0.39, 0.29) is 12.3 Å². The highest BCUT2D eigenvalue weighted by Crippen LogP contribution is 2.27. The van der Waals surface area contributed by atoms with Gasteiger partial charge in [0.25, 0.3) is 0 Å². The van der Waals surface area contributed by atoms with E-state index in [0.717, 1.165) is 18.4 Å². The number of ether oxygens (including phenoxy) is 1. The van der Waals surface area contributed by atoms with Gasteiger partial charge in [-0.1, -0.05) is 31.0 Å².